The highest BCUT2D eigenvalue weighted by Crippen LogP contribution is 2.36. The molecule has 0 radical (unpaired) electrons. The highest BCUT2D eigenvalue weighted by molar-refractivity contribution is 8.04. The molecular weight excluding hydrogens is 404 g/mol. The Morgan fingerprint density at radius 3 is 2.16 bits per heavy atom. The standard InChI is InChI=1S/C26H24N2O2S/c1-18-13-14-21(17-19(18)2)27-23-24(31-22-11-7-4-8-12-22)26(30)28(25(23)29)16-15-20-9-5-3-6-10-20/h3-14,17,27H,15-16H2,1-2H3. The molecule has 1 aliphatic rings. The van der Waals surface area contributed by atoms with Crippen molar-refractivity contribution in [1.29, 1.82) is 0 Å². The van der Waals surface area contributed by atoms with Gasteiger partial charge in [-0.25, -0.2) is 0 Å². The Labute approximate surface area is 187 Å². The van der Waals surface area contributed by atoms with Crippen molar-refractivity contribution < 1.29 is 9.59 Å². The van der Waals surface area contributed by atoms with Gasteiger partial charge in [-0.15, -0.1) is 0 Å². The minimum Gasteiger partial charge on any atom is -0.350 e. The molecule has 5 heteroatoms. The van der Waals surface area contributed by atoms with Gasteiger partial charge in [0.25, 0.3) is 11.8 Å². The van der Waals surface area contributed by atoms with Crippen molar-refractivity contribution in [2.75, 3.05) is 11.9 Å². The summed E-state index contributed by atoms with van der Waals surface area (Å²) in [5.41, 5.74) is 4.54. The van der Waals surface area contributed by atoms with Crippen molar-refractivity contribution in [2.45, 2.75) is 25.2 Å². The number of nitrogens with one attached hydrogen (secondary N) is 1. The van der Waals surface area contributed by atoms with Crippen LogP contribution in [0.4, 0.5) is 5.69 Å². The molecule has 4 nitrogen and oxygen atoms in total. The summed E-state index contributed by atoms with van der Waals surface area (Å²) in [4.78, 5) is 29.2. The van der Waals surface area contributed by atoms with Crippen molar-refractivity contribution >= 4 is 29.3 Å². The Kier molecular flexibility index (Phi) is 6.23. The maximum Gasteiger partial charge on any atom is 0.278 e. The lowest BCUT2D eigenvalue weighted by molar-refractivity contribution is -0.137. The summed E-state index contributed by atoms with van der Waals surface area (Å²) in [5, 5.41) is 3.23. The maximum absolute atomic E-state index is 13.3. The van der Waals surface area contributed by atoms with Crippen LogP contribution in [0.25, 0.3) is 0 Å². The number of nitrogens with zero attached hydrogens (tertiary/aromatic N) is 1. The molecule has 3 aromatic carbocycles. The van der Waals surface area contributed by atoms with E-state index in [1.165, 1.54) is 22.2 Å². The monoisotopic (exact) mass is 428 g/mol. The van der Waals surface area contributed by atoms with Crippen LogP contribution >= 0.6 is 11.8 Å². The van der Waals surface area contributed by atoms with Crippen LogP contribution in [0.2, 0.25) is 0 Å². The molecular formula is C26H24N2O2S. The summed E-state index contributed by atoms with van der Waals surface area (Å²) in [6, 6.07) is 25.5. The summed E-state index contributed by atoms with van der Waals surface area (Å²) < 4.78 is 0. The van der Waals surface area contributed by atoms with E-state index >= 15 is 0 Å². The lowest BCUT2D eigenvalue weighted by atomic mass is 10.1. The number of rotatable bonds is 7. The van der Waals surface area contributed by atoms with Gasteiger partial charge in [0.2, 0.25) is 0 Å². The minimum atomic E-state index is -0.280. The molecule has 3 aromatic rings. The molecule has 0 bridgehead atoms. The van der Waals surface area contributed by atoms with E-state index in [-0.39, 0.29) is 11.8 Å². The van der Waals surface area contributed by atoms with E-state index in [4.69, 9.17) is 0 Å². The number of imide groups is 1. The molecule has 0 atom stereocenters. The van der Waals surface area contributed by atoms with E-state index in [0.29, 0.717) is 23.6 Å². The Morgan fingerprint density at radius 1 is 0.806 bits per heavy atom. The summed E-state index contributed by atoms with van der Waals surface area (Å²) in [5.74, 6) is -0.529. The predicted octanol–water partition coefficient (Wildman–Crippen LogP) is 5.33. The van der Waals surface area contributed by atoms with Crippen LogP contribution < -0.4 is 5.32 Å². The lowest BCUT2D eigenvalue weighted by Gasteiger charge is -2.15. The summed E-state index contributed by atoms with van der Waals surface area (Å²) in [6.45, 7) is 4.42. The van der Waals surface area contributed by atoms with Crippen LogP contribution in [0, 0.1) is 13.8 Å². The zero-order valence-electron chi connectivity index (χ0n) is 17.6. The molecule has 0 aromatic heterocycles. The number of anilines is 1. The zero-order chi connectivity index (χ0) is 21.8. The van der Waals surface area contributed by atoms with Gasteiger partial charge in [0, 0.05) is 17.1 Å². The third kappa shape index (κ3) is 4.72. The van der Waals surface area contributed by atoms with Gasteiger partial charge in [-0.2, -0.15) is 0 Å². The van der Waals surface area contributed by atoms with Gasteiger partial charge in [0.05, 0.1) is 0 Å². The van der Waals surface area contributed by atoms with Crippen LogP contribution in [0.15, 0.2) is 94.4 Å². The van der Waals surface area contributed by atoms with Crippen molar-refractivity contribution in [3.05, 3.63) is 106 Å². The van der Waals surface area contributed by atoms with Gasteiger partial charge < -0.3 is 5.32 Å². The molecule has 1 heterocycles. The molecule has 1 aliphatic heterocycles. The first-order valence-electron chi connectivity index (χ1n) is 10.2. The molecule has 1 N–H and O–H groups in total. The lowest BCUT2D eigenvalue weighted by Crippen LogP contribution is -2.34. The van der Waals surface area contributed by atoms with E-state index in [2.05, 4.69) is 5.32 Å². The molecule has 31 heavy (non-hydrogen) atoms. The fourth-order valence-corrected chi connectivity index (χ4v) is 4.38. The molecule has 2 amide bonds. The Hall–Kier alpha value is -3.31. The number of thioether (sulfide) groups is 1. The Morgan fingerprint density at radius 2 is 1.48 bits per heavy atom. The Bertz CT molecular complexity index is 1140. The van der Waals surface area contributed by atoms with Crippen LogP contribution in [-0.4, -0.2) is 23.3 Å². The zero-order valence-corrected chi connectivity index (χ0v) is 18.4. The second-order valence-electron chi connectivity index (χ2n) is 7.54. The van der Waals surface area contributed by atoms with Crippen molar-refractivity contribution in [1.82, 2.24) is 4.90 Å². The smallest absolute Gasteiger partial charge is 0.278 e. The normalized spacial score (nSPS) is 13.8. The number of amides is 2. The average Bonchev–Trinajstić information content (AvgIpc) is 3.00. The number of hydrogen-bond acceptors (Lipinski definition) is 4. The second-order valence-corrected chi connectivity index (χ2v) is 8.62. The fraction of sp³-hybridized carbons (Fsp3) is 0.154. The molecule has 0 saturated heterocycles. The van der Waals surface area contributed by atoms with Gasteiger partial charge in [-0.05, 0) is 61.2 Å². The van der Waals surface area contributed by atoms with E-state index in [1.54, 1.807) is 0 Å². The number of aryl methyl sites for hydroxylation is 2. The first-order valence-corrected chi connectivity index (χ1v) is 11.1. The van der Waals surface area contributed by atoms with Crippen LogP contribution in [-0.2, 0) is 16.0 Å². The number of carbonyl (C=O) groups excluding carboxylic acids is 2. The molecule has 0 aliphatic carbocycles. The molecule has 0 fully saturated rings. The third-order valence-corrected chi connectivity index (χ3v) is 6.42. The van der Waals surface area contributed by atoms with Crippen LogP contribution in [0.5, 0.6) is 0 Å². The van der Waals surface area contributed by atoms with Crippen molar-refractivity contribution in [2.24, 2.45) is 0 Å². The van der Waals surface area contributed by atoms with Gasteiger partial charge in [0.15, 0.2) is 0 Å². The largest absolute Gasteiger partial charge is 0.350 e. The fourth-order valence-electron chi connectivity index (χ4n) is 3.42. The SMILES string of the molecule is Cc1ccc(NC2=C(Sc3ccccc3)C(=O)N(CCc3ccccc3)C2=O)cc1C. The number of benzene rings is 3. The molecule has 0 saturated carbocycles. The number of carbonyl (C=O) groups is 2. The van der Waals surface area contributed by atoms with Gasteiger partial charge in [-0.3, -0.25) is 14.5 Å². The minimum absolute atomic E-state index is 0.249. The average molecular weight is 429 g/mol. The number of hydrogen-bond donors (Lipinski definition) is 1. The van der Waals surface area contributed by atoms with E-state index in [9.17, 15) is 9.59 Å². The highest BCUT2D eigenvalue weighted by Gasteiger charge is 2.38. The Balaban J connectivity index is 1.62. The maximum atomic E-state index is 13.3. The van der Waals surface area contributed by atoms with Gasteiger partial charge in [0.1, 0.15) is 10.6 Å². The van der Waals surface area contributed by atoms with Gasteiger partial charge in [-0.1, -0.05) is 66.4 Å². The van der Waals surface area contributed by atoms with Crippen LogP contribution in [0.3, 0.4) is 0 Å². The van der Waals surface area contributed by atoms with E-state index in [1.807, 2.05) is 92.7 Å². The second kappa shape index (κ2) is 9.23. The van der Waals surface area contributed by atoms with Crippen molar-refractivity contribution in [3.8, 4) is 0 Å². The van der Waals surface area contributed by atoms with Gasteiger partial charge >= 0.3 is 0 Å². The first-order chi connectivity index (χ1) is 15.0. The summed E-state index contributed by atoms with van der Waals surface area (Å²) in [7, 11) is 0. The topological polar surface area (TPSA) is 49.4 Å². The summed E-state index contributed by atoms with van der Waals surface area (Å²) in [6.07, 6.45) is 0.624. The molecule has 156 valence electrons. The first kappa shape index (κ1) is 20.9. The van der Waals surface area contributed by atoms with E-state index in [0.717, 1.165) is 21.7 Å². The van der Waals surface area contributed by atoms with E-state index < -0.39 is 0 Å². The summed E-state index contributed by atoms with van der Waals surface area (Å²) >= 11 is 1.33. The predicted molar refractivity (Wildman–Crippen MR) is 126 cm³/mol. The third-order valence-electron chi connectivity index (χ3n) is 5.33. The molecule has 0 spiro atoms. The quantitative estimate of drug-likeness (QED) is 0.517. The molecule has 0 unspecified atom stereocenters. The highest BCUT2D eigenvalue weighted by atomic mass is 32.2. The van der Waals surface area contributed by atoms with Crippen molar-refractivity contribution in [3.63, 3.8) is 0 Å². The molecule has 4 rings (SSSR count). The van der Waals surface area contributed by atoms with Crippen LogP contribution in [0.1, 0.15) is 16.7 Å².